The minimum atomic E-state index is -0.477. The summed E-state index contributed by atoms with van der Waals surface area (Å²) < 4.78 is 11.8. The topological polar surface area (TPSA) is 112 Å². The van der Waals surface area contributed by atoms with E-state index in [1.807, 2.05) is 55.5 Å². The van der Waals surface area contributed by atoms with Crippen molar-refractivity contribution in [1.82, 2.24) is 9.78 Å². The molecule has 9 heteroatoms. The number of H-pyrrole nitrogens is 1. The molecule has 1 aromatic heterocycles. The first-order chi connectivity index (χ1) is 17.4. The predicted molar refractivity (Wildman–Crippen MR) is 139 cm³/mol. The van der Waals surface area contributed by atoms with Crippen LogP contribution in [0.2, 0.25) is 0 Å². The number of non-ortho nitro benzene ring substituents is 1. The summed E-state index contributed by atoms with van der Waals surface area (Å²) in [4.78, 5) is 28.8. The number of nitro benzene ring substituents is 1. The highest BCUT2D eigenvalue weighted by Crippen LogP contribution is 2.25. The molecule has 0 saturated carbocycles. The highest BCUT2D eigenvalue weighted by molar-refractivity contribution is 6.03. The minimum absolute atomic E-state index is 0.0507. The van der Waals surface area contributed by atoms with Gasteiger partial charge in [-0.15, -0.1) is 0 Å². The maximum absolute atomic E-state index is 13.5. The van der Waals surface area contributed by atoms with E-state index < -0.39 is 4.92 Å². The Kier molecular flexibility index (Phi) is 7.29. The zero-order valence-corrected chi connectivity index (χ0v) is 20.2. The summed E-state index contributed by atoms with van der Waals surface area (Å²) in [5.41, 5.74) is 3.67. The van der Waals surface area contributed by atoms with E-state index in [2.05, 4.69) is 5.10 Å². The summed E-state index contributed by atoms with van der Waals surface area (Å²) in [5.74, 6) is 1.49. The average molecular weight is 487 g/mol. The van der Waals surface area contributed by atoms with Crippen molar-refractivity contribution in [2.75, 3.05) is 20.8 Å². The number of nitrogens with zero attached hydrogens (tertiary/aromatic N) is 3. The zero-order valence-electron chi connectivity index (χ0n) is 20.2. The van der Waals surface area contributed by atoms with Gasteiger partial charge in [-0.25, -0.2) is 4.68 Å². The molecule has 0 aliphatic heterocycles. The van der Waals surface area contributed by atoms with E-state index in [4.69, 9.17) is 14.5 Å². The van der Waals surface area contributed by atoms with Crippen molar-refractivity contribution in [2.45, 2.75) is 13.3 Å². The Bertz CT molecular complexity index is 1430. The van der Waals surface area contributed by atoms with E-state index in [1.165, 1.54) is 28.9 Å². The van der Waals surface area contributed by atoms with Crippen LogP contribution in [0.1, 0.15) is 18.1 Å². The Morgan fingerprint density at radius 2 is 1.53 bits per heavy atom. The quantitative estimate of drug-likeness (QED) is 0.207. The number of nitrogens with one attached hydrogen (secondary N) is 1. The third kappa shape index (κ3) is 5.20. The van der Waals surface area contributed by atoms with Gasteiger partial charge in [0.1, 0.15) is 11.5 Å². The van der Waals surface area contributed by atoms with Crippen molar-refractivity contribution >= 4 is 11.4 Å². The van der Waals surface area contributed by atoms with Gasteiger partial charge >= 0.3 is 0 Å². The van der Waals surface area contributed by atoms with Gasteiger partial charge in [-0.1, -0.05) is 12.1 Å². The number of nitro groups is 1. The molecule has 0 aliphatic carbocycles. The Labute approximate surface area is 207 Å². The van der Waals surface area contributed by atoms with E-state index >= 15 is 0 Å². The molecule has 0 aliphatic rings. The number of aromatic amines is 1. The summed E-state index contributed by atoms with van der Waals surface area (Å²) in [5, 5.41) is 14.2. The fourth-order valence-electron chi connectivity index (χ4n) is 3.87. The third-order valence-electron chi connectivity index (χ3n) is 5.86. The maximum atomic E-state index is 13.5. The first-order valence-corrected chi connectivity index (χ1v) is 11.3. The monoisotopic (exact) mass is 486 g/mol. The molecule has 0 radical (unpaired) electrons. The second-order valence-corrected chi connectivity index (χ2v) is 8.07. The van der Waals surface area contributed by atoms with E-state index in [9.17, 15) is 14.9 Å². The number of aliphatic imine (C=N–C) groups is 1. The van der Waals surface area contributed by atoms with Crippen LogP contribution >= 0.6 is 0 Å². The van der Waals surface area contributed by atoms with Crippen LogP contribution in [0.25, 0.3) is 16.9 Å². The molecular formula is C27H26N4O5. The summed E-state index contributed by atoms with van der Waals surface area (Å²) >= 11 is 0. The van der Waals surface area contributed by atoms with Crippen molar-refractivity contribution in [3.63, 3.8) is 0 Å². The molecule has 4 rings (SSSR count). The minimum Gasteiger partial charge on any atom is -0.497 e. The third-order valence-corrected chi connectivity index (χ3v) is 5.86. The second kappa shape index (κ2) is 10.7. The number of methoxy groups -OCH3 is 2. The van der Waals surface area contributed by atoms with E-state index in [0.717, 1.165) is 16.9 Å². The van der Waals surface area contributed by atoms with Gasteiger partial charge in [0.15, 0.2) is 0 Å². The van der Waals surface area contributed by atoms with Gasteiger partial charge in [-0.05, 0) is 67.4 Å². The number of hydrogen-bond acceptors (Lipinski definition) is 6. The lowest BCUT2D eigenvalue weighted by atomic mass is 10.0. The van der Waals surface area contributed by atoms with E-state index in [-0.39, 0.29) is 11.2 Å². The first-order valence-electron chi connectivity index (χ1n) is 11.3. The molecule has 3 aromatic carbocycles. The maximum Gasteiger partial charge on any atom is 0.280 e. The van der Waals surface area contributed by atoms with Crippen molar-refractivity contribution in [3.8, 4) is 28.4 Å². The van der Waals surface area contributed by atoms with Crippen LogP contribution in [0.4, 0.5) is 5.69 Å². The summed E-state index contributed by atoms with van der Waals surface area (Å²) in [6, 6.07) is 20.9. The fraction of sp³-hybridized carbons (Fsp3) is 0.185. The second-order valence-electron chi connectivity index (χ2n) is 8.07. The molecule has 0 amide bonds. The highest BCUT2D eigenvalue weighted by atomic mass is 16.6. The standard InChI is InChI=1S/C27H26N4O5/c1-18(28-17-16-19-4-12-23(35-2)13-5-19)25-26(20-6-14-24(36-3)15-7-20)29-30(27(25)32)21-8-10-22(11-9-21)31(33)34/h4-15,29H,16-17H2,1-3H3. The molecule has 4 aromatic rings. The van der Waals surface area contributed by atoms with Gasteiger partial charge in [0.05, 0.1) is 36.1 Å². The van der Waals surface area contributed by atoms with Crippen molar-refractivity contribution in [3.05, 3.63) is 104 Å². The summed E-state index contributed by atoms with van der Waals surface area (Å²) in [6.45, 7) is 2.31. The van der Waals surface area contributed by atoms with Gasteiger partial charge in [-0.2, -0.15) is 0 Å². The highest BCUT2D eigenvalue weighted by Gasteiger charge is 2.20. The lowest BCUT2D eigenvalue weighted by molar-refractivity contribution is -0.384. The van der Waals surface area contributed by atoms with Crippen LogP contribution in [0, 0.1) is 10.1 Å². The Balaban J connectivity index is 1.70. The predicted octanol–water partition coefficient (Wildman–Crippen LogP) is 4.81. The lowest BCUT2D eigenvalue weighted by Gasteiger charge is -2.05. The molecule has 0 unspecified atom stereocenters. The molecule has 1 heterocycles. The van der Waals surface area contributed by atoms with Gasteiger partial charge in [-0.3, -0.25) is 25.0 Å². The molecule has 9 nitrogen and oxygen atoms in total. The van der Waals surface area contributed by atoms with Crippen LogP contribution in [0.5, 0.6) is 11.5 Å². The molecule has 0 bridgehead atoms. The zero-order chi connectivity index (χ0) is 25.7. The summed E-state index contributed by atoms with van der Waals surface area (Å²) in [6.07, 6.45) is 0.709. The number of ether oxygens (including phenoxy) is 2. The van der Waals surface area contributed by atoms with Crippen LogP contribution in [0.15, 0.2) is 82.6 Å². The molecule has 0 spiro atoms. The van der Waals surface area contributed by atoms with Crippen molar-refractivity contribution < 1.29 is 14.4 Å². The molecule has 0 fully saturated rings. The summed E-state index contributed by atoms with van der Waals surface area (Å²) in [7, 11) is 3.22. The molecule has 1 N–H and O–H groups in total. The first kappa shape index (κ1) is 24.5. The Morgan fingerprint density at radius 1 is 0.944 bits per heavy atom. The smallest absolute Gasteiger partial charge is 0.280 e. The van der Waals surface area contributed by atoms with Gasteiger partial charge < -0.3 is 9.47 Å². The number of benzene rings is 3. The SMILES string of the molecule is COc1ccc(CCN=C(C)c2c(-c3ccc(OC)cc3)[nH]n(-c3ccc([N+](=O)[O-])cc3)c2=O)cc1. The van der Waals surface area contributed by atoms with Crippen LogP contribution in [0.3, 0.4) is 0 Å². The van der Waals surface area contributed by atoms with Gasteiger partial charge in [0.25, 0.3) is 11.2 Å². The molecule has 184 valence electrons. The van der Waals surface area contributed by atoms with Gasteiger partial charge in [0, 0.05) is 30.0 Å². The number of aromatic nitrogens is 2. The van der Waals surface area contributed by atoms with E-state index in [1.54, 1.807) is 14.2 Å². The lowest BCUT2D eigenvalue weighted by Crippen LogP contribution is -2.20. The van der Waals surface area contributed by atoms with Crippen LogP contribution < -0.4 is 15.0 Å². The number of rotatable bonds is 9. The van der Waals surface area contributed by atoms with Crippen molar-refractivity contribution in [2.24, 2.45) is 4.99 Å². The van der Waals surface area contributed by atoms with Gasteiger partial charge in [0.2, 0.25) is 0 Å². The van der Waals surface area contributed by atoms with E-state index in [0.29, 0.717) is 41.4 Å². The number of hydrogen-bond donors (Lipinski definition) is 1. The Morgan fingerprint density at radius 3 is 2.08 bits per heavy atom. The normalized spacial score (nSPS) is 11.4. The molecule has 0 atom stereocenters. The molecule has 0 saturated heterocycles. The average Bonchev–Trinajstić information content (AvgIpc) is 3.26. The van der Waals surface area contributed by atoms with Crippen LogP contribution in [-0.2, 0) is 6.42 Å². The van der Waals surface area contributed by atoms with Crippen LogP contribution in [-0.4, -0.2) is 41.2 Å². The Hall–Kier alpha value is -4.66. The van der Waals surface area contributed by atoms with Crippen molar-refractivity contribution in [1.29, 1.82) is 0 Å². The largest absolute Gasteiger partial charge is 0.497 e. The molecular weight excluding hydrogens is 460 g/mol. The molecule has 36 heavy (non-hydrogen) atoms. The fourth-order valence-corrected chi connectivity index (χ4v) is 3.87.